The zero-order chi connectivity index (χ0) is 19.2. The lowest BCUT2D eigenvalue weighted by Gasteiger charge is -2.14. The van der Waals surface area contributed by atoms with Crippen LogP contribution < -0.4 is 20.6 Å². The number of aromatic nitrogens is 1. The van der Waals surface area contributed by atoms with Crippen molar-refractivity contribution in [3.63, 3.8) is 0 Å². The van der Waals surface area contributed by atoms with Crippen LogP contribution >= 0.6 is 34.5 Å². The fraction of sp³-hybridized carbons (Fsp3) is 0.111. The van der Waals surface area contributed by atoms with Gasteiger partial charge in [-0.3, -0.25) is 5.43 Å². The van der Waals surface area contributed by atoms with Gasteiger partial charge in [-0.05, 0) is 23.8 Å². The Morgan fingerprint density at radius 1 is 1.26 bits per heavy atom. The van der Waals surface area contributed by atoms with Crippen molar-refractivity contribution in [3.8, 4) is 11.5 Å². The normalized spacial score (nSPS) is 10.9. The smallest absolute Gasteiger partial charge is 0.205 e. The largest absolute Gasteiger partial charge is 0.493 e. The van der Waals surface area contributed by atoms with E-state index in [-0.39, 0.29) is 6.61 Å². The van der Waals surface area contributed by atoms with Crippen LogP contribution in [0, 0.1) is 0 Å². The van der Waals surface area contributed by atoms with Crippen molar-refractivity contribution < 1.29 is 9.47 Å². The molecule has 3 aromatic rings. The highest BCUT2D eigenvalue weighted by Crippen LogP contribution is 2.37. The Kier molecular flexibility index (Phi) is 6.39. The van der Waals surface area contributed by atoms with Gasteiger partial charge in [0.2, 0.25) is 5.13 Å². The molecule has 0 spiro atoms. The van der Waals surface area contributed by atoms with Crippen LogP contribution in [0.25, 0.3) is 0 Å². The number of nitrogens with zero attached hydrogens (tertiary/aromatic N) is 2. The topological polar surface area (TPSA) is 81.8 Å². The van der Waals surface area contributed by atoms with Gasteiger partial charge in [0.05, 0.1) is 18.3 Å². The van der Waals surface area contributed by atoms with Crippen molar-refractivity contribution >= 4 is 51.7 Å². The zero-order valence-corrected chi connectivity index (χ0v) is 16.6. The van der Waals surface area contributed by atoms with Gasteiger partial charge in [0.1, 0.15) is 12.4 Å². The maximum absolute atomic E-state index is 6.37. The Labute approximate surface area is 170 Å². The van der Waals surface area contributed by atoms with Gasteiger partial charge in [0, 0.05) is 16.0 Å². The summed E-state index contributed by atoms with van der Waals surface area (Å²) >= 11 is 13.9. The molecule has 0 unspecified atom stereocenters. The fourth-order valence-corrected chi connectivity index (χ4v) is 3.23. The first-order valence-corrected chi connectivity index (χ1v) is 9.44. The first-order valence-electron chi connectivity index (χ1n) is 7.80. The number of thiazole rings is 1. The molecule has 2 aromatic carbocycles. The number of nitrogen functional groups attached to an aromatic ring is 1. The summed E-state index contributed by atoms with van der Waals surface area (Å²) in [6.45, 7) is 0.274. The van der Waals surface area contributed by atoms with Gasteiger partial charge in [-0.2, -0.15) is 5.10 Å². The van der Waals surface area contributed by atoms with E-state index >= 15 is 0 Å². The molecule has 140 valence electrons. The van der Waals surface area contributed by atoms with Gasteiger partial charge in [0.25, 0.3) is 0 Å². The summed E-state index contributed by atoms with van der Waals surface area (Å²) in [5, 5.41) is 7.48. The minimum Gasteiger partial charge on any atom is -0.493 e. The van der Waals surface area contributed by atoms with Gasteiger partial charge in [-0.15, -0.1) is 11.3 Å². The molecule has 0 saturated heterocycles. The average molecular weight is 423 g/mol. The lowest BCUT2D eigenvalue weighted by Crippen LogP contribution is -2.00. The summed E-state index contributed by atoms with van der Waals surface area (Å²) < 4.78 is 11.2. The molecule has 0 radical (unpaired) electrons. The fourth-order valence-electron chi connectivity index (χ4n) is 2.22. The Morgan fingerprint density at radius 3 is 2.78 bits per heavy atom. The second-order valence-corrected chi connectivity index (χ2v) is 7.03. The lowest BCUT2D eigenvalue weighted by molar-refractivity contribution is 0.285. The maximum Gasteiger partial charge on any atom is 0.205 e. The predicted octanol–water partition coefficient (Wildman–Crippen LogP) is 5.07. The molecule has 6 nitrogen and oxygen atoms in total. The van der Waals surface area contributed by atoms with Crippen LogP contribution in [-0.2, 0) is 6.61 Å². The van der Waals surface area contributed by atoms with E-state index in [4.69, 9.17) is 38.4 Å². The van der Waals surface area contributed by atoms with Gasteiger partial charge in [0.15, 0.2) is 11.5 Å². The van der Waals surface area contributed by atoms with E-state index in [1.54, 1.807) is 30.8 Å². The Morgan fingerprint density at radius 2 is 2.07 bits per heavy atom. The molecule has 1 heterocycles. The van der Waals surface area contributed by atoms with E-state index in [0.29, 0.717) is 32.5 Å². The van der Waals surface area contributed by atoms with Crippen molar-refractivity contribution in [1.29, 1.82) is 0 Å². The number of hydrazone groups is 1. The second-order valence-electron chi connectivity index (χ2n) is 5.36. The van der Waals surface area contributed by atoms with Crippen molar-refractivity contribution in [2.24, 2.45) is 5.10 Å². The number of hydrogen-bond acceptors (Lipinski definition) is 7. The van der Waals surface area contributed by atoms with Crippen LogP contribution in [0.5, 0.6) is 11.5 Å². The quantitative estimate of drug-likeness (QED) is 0.410. The van der Waals surface area contributed by atoms with Crippen molar-refractivity contribution in [1.82, 2.24) is 4.98 Å². The number of hydrogen-bond donors (Lipinski definition) is 2. The number of nitrogens with one attached hydrogen (secondary N) is 1. The Bertz CT molecular complexity index is 962. The Balaban J connectivity index is 1.73. The number of anilines is 2. The van der Waals surface area contributed by atoms with Crippen LogP contribution in [0.15, 0.2) is 46.9 Å². The number of rotatable bonds is 7. The summed E-state index contributed by atoms with van der Waals surface area (Å²) in [4.78, 5) is 4.06. The van der Waals surface area contributed by atoms with Crippen LogP contribution in [0.3, 0.4) is 0 Å². The summed E-state index contributed by atoms with van der Waals surface area (Å²) in [5.74, 6) is 1.38. The molecule has 27 heavy (non-hydrogen) atoms. The molecule has 0 amide bonds. The molecular weight excluding hydrogens is 407 g/mol. The molecule has 0 atom stereocenters. The molecule has 0 aliphatic rings. The van der Waals surface area contributed by atoms with Gasteiger partial charge in [-0.1, -0.05) is 41.4 Å². The van der Waals surface area contributed by atoms with E-state index in [2.05, 4.69) is 15.5 Å². The summed E-state index contributed by atoms with van der Waals surface area (Å²) in [5.41, 5.74) is 9.96. The van der Waals surface area contributed by atoms with Gasteiger partial charge >= 0.3 is 0 Å². The predicted molar refractivity (Wildman–Crippen MR) is 112 cm³/mol. The molecule has 0 bridgehead atoms. The molecule has 0 fully saturated rings. The van der Waals surface area contributed by atoms with Crippen LogP contribution in [0.2, 0.25) is 10.0 Å². The molecule has 0 saturated carbocycles. The highest BCUT2D eigenvalue weighted by atomic mass is 35.5. The number of halogens is 2. The van der Waals surface area contributed by atoms with Crippen molar-refractivity contribution in [2.75, 3.05) is 18.3 Å². The average Bonchev–Trinajstić information content (AvgIpc) is 3.07. The van der Waals surface area contributed by atoms with E-state index in [1.165, 1.54) is 11.3 Å². The molecule has 3 N–H and O–H groups in total. The number of ether oxygens (including phenoxy) is 2. The second kappa shape index (κ2) is 8.94. The van der Waals surface area contributed by atoms with E-state index in [9.17, 15) is 0 Å². The zero-order valence-electron chi connectivity index (χ0n) is 14.3. The summed E-state index contributed by atoms with van der Waals surface area (Å²) in [7, 11) is 1.55. The third-order valence-electron chi connectivity index (χ3n) is 3.48. The van der Waals surface area contributed by atoms with Crippen LogP contribution in [0.1, 0.15) is 11.1 Å². The van der Waals surface area contributed by atoms with Crippen molar-refractivity contribution in [3.05, 3.63) is 63.0 Å². The molecule has 9 heteroatoms. The number of nitrogens with two attached hydrogens (primary N) is 1. The first kappa shape index (κ1) is 19.3. The SMILES string of the molecule is COc1cc(C=NNc2nc(N)cs2)cc(Cl)c1OCc1ccccc1Cl. The van der Waals surface area contributed by atoms with Gasteiger partial charge < -0.3 is 15.2 Å². The third-order valence-corrected chi connectivity index (χ3v) is 4.89. The maximum atomic E-state index is 6.37. The molecule has 0 aliphatic carbocycles. The minimum atomic E-state index is 0.274. The van der Waals surface area contributed by atoms with E-state index in [0.717, 1.165) is 11.1 Å². The number of methoxy groups -OCH3 is 1. The van der Waals surface area contributed by atoms with E-state index in [1.807, 2.05) is 24.3 Å². The first-order chi connectivity index (χ1) is 13.1. The lowest BCUT2D eigenvalue weighted by atomic mass is 10.2. The molecule has 3 rings (SSSR count). The van der Waals surface area contributed by atoms with Crippen LogP contribution in [-0.4, -0.2) is 18.3 Å². The van der Waals surface area contributed by atoms with Crippen LogP contribution in [0.4, 0.5) is 10.9 Å². The summed E-state index contributed by atoms with van der Waals surface area (Å²) in [6, 6.07) is 11.0. The highest BCUT2D eigenvalue weighted by Gasteiger charge is 2.12. The molecule has 0 aliphatic heterocycles. The monoisotopic (exact) mass is 422 g/mol. The standard InChI is InChI=1S/C18H16Cl2N4O2S/c1-25-15-7-11(8-22-24-18-23-16(21)10-27-18)6-14(20)17(15)26-9-12-4-2-3-5-13(12)19/h2-8,10H,9,21H2,1H3,(H,23,24). The Hall–Kier alpha value is -2.48. The minimum absolute atomic E-state index is 0.274. The molecule has 1 aromatic heterocycles. The van der Waals surface area contributed by atoms with Crippen molar-refractivity contribution in [2.45, 2.75) is 6.61 Å². The van der Waals surface area contributed by atoms with E-state index < -0.39 is 0 Å². The van der Waals surface area contributed by atoms with Gasteiger partial charge in [-0.25, -0.2) is 4.98 Å². The molecular formula is C18H16Cl2N4O2S. The third kappa shape index (κ3) is 5.03. The summed E-state index contributed by atoms with van der Waals surface area (Å²) in [6.07, 6.45) is 1.60. The highest BCUT2D eigenvalue weighted by molar-refractivity contribution is 7.14. The number of benzene rings is 2.